The standard InChI is InChI=1S/C12H16N2O.ClH/c1-7-3-8(2)11-6-10(12(13)14-15)5-9(11)4-7;/h3-4,10,15H,5-6H2,1-2H3,(H2,13,14);1H. The van der Waals surface area contributed by atoms with E-state index in [0.29, 0.717) is 5.84 Å². The minimum Gasteiger partial charge on any atom is -0.409 e. The maximum atomic E-state index is 8.66. The third-order valence-corrected chi connectivity index (χ3v) is 3.16. The molecule has 1 aromatic rings. The summed E-state index contributed by atoms with van der Waals surface area (Å²) in [5.74, 6) is 0.522. The number of hydrogen-bond acceptors (Lipinski definition) is 2. The Morgan fingerprint density at radius 1 is 1.38 bits per heavy atom. The SMILES string of the molecule is Cc1cc(C)c2c(c1)CC(/C(N)=N/O)C2.Cl. The molecule has 0 amide bonds. The van der Waals surface area contributed by atoms with E-state index in [1.807, 2.05) is 0 Å². The monoisotopic (exact) mass is 240 g/mol. The molecule has 0 spiro atoms. The molecular formula is C12H17ClN2O. The molecule has 0 bridgehead atoms. The zero-order valence-electron chi connectivity index (χ0n) is 9.53. The number of fused-ring (bicyclic) bond motifs is 1. The number of amidine groups is 1. The molecule has 1 unspecified atom stereocenters. The fraction of sp³-hybridized carbons (Fsp3) is 0.417. The summed E-state index contributed by atoms with van der Waals surface area (Å²) in [6, 6.07) is 4.39. The topological polar surface area (TPSA) is 58.6 Å². The Morgan fingerprint density at radius 3 is 2.69 bits per heavy atom. The van der Waals surface area contributed by atoms with Crippen LogP contribution in [0.2, 0.25) is 0 Å². The van der Waals surface area contributed by atoms with Gasteiger partial charge in [-0.15, -0.1) is 12.4 Å². The molecule has 1 aromatic carbocycles. The Hall–Kier alpha value is -1.22. The average Bonchev–Trinajstić information content (AvgIpc) is 2.60. The van der Waals surface area contributed by atoms with Crippen LogP contribution in [0.15, 0.2) is 17.3 Å². The highest BCUT2D eigenvalue weighted by atomic mass is 35.5. The summed E-state index contributed by atoms with van der Waals surface area (Å²) in [4.78, 5) is 0. The van der Waals surface area contributed by atoms with Crippen molar-refractivity contribution in [2.75, 3.05) is 0 Å². The number of halogens is 1. The Labute approximate surface area is 102 Å². The normalized spacial score (nSPS) is 19.1. The zero-order chi connectivity index (χ0) is 11.0. The van der Waals surface area contributed by atoms with Crippen LogP contribution in [0.1, 0.15) is 22.3 Å². The van der Waals surface area contributed by atoms with E-state index in [1.54, 1.807) is 0 Å². The first-order chi connectivity index (χ1) is 7.11. The molecule has 1 aliphatic rings. The Bertz CT molecular complexity index is 429. The molecule has 2 rings (SSSR count). The van der Waals surface area contributed by atoms with Crippen molar-refractivity contribution in [3.8, 4) is 0 Å². The summed E-state index contributed by atoms with van der Waals surface area (Å²) >= 11 is 0. The van der Waals surface area contributed by atoms with Crippen molar-refractivity contribution in [2.24, 2.45) is 16.8 Å². The van der Waals surface area contributed by atoms with Gasteiger partial charge in [0.1, 0.15) is 5.84 Å². The summed E-state index contributed by atoms with van der Waals surface area (Å²) in [5, 5.41) is 11.8. The molecule has 3 N–H and O–H groups in total. The third-order valence-electron chi connectivity index (χ3n) is 3.16. The van der Waals surface area contributed by atoms with E-state index in [9.17, 15) is 0 Å². The van der Waals surface area contributed by atoms with Gasteiger partial charge in [-0.2, -0.15) is 0 Å². The molecule has 3 nitrogen and oxygen atoms in total. The largest absolute Gasteiger partial charge is 0.409 e. The molecule has 0 saturated heterocycles. The van der Waals surface area contributed by atoms with E-state index in [1.165, 1.54) is 22.3 Å². The minimum atomic E-state index is 0. The summed E-state index contributed by atoms with van der Waals surface area (Å²) in [5.41, 5.74) is 11.0. The van der Waals surface area contributed by atoms with Gasteiger partial charge < -0.3 is 10.9 Å². The Morgan fingerprint density at radius 2 is 2.06 bits per heavy atom. The quantitative estimate of drug-likeness (QED) is 0.342. The maximum absolute atomic E-state index is 8.66. The molecule has 1 atom stereocenters. The van der Waals surface area contributed by atoms with Crippen LogP contribution in [0.5, 0.6) is 0 Å². The minimum absolute atomic E-state index is 0. The molecule has 0 radical (unpaired) electrons. The van der Waals surface area contributed by atoms with Crippen molar-refractivity contribution >= 4 is 18.2 Å². The predicted octanol–water partition coefficient (Wildman–Crippen LogP) is 2.19. The van der Waals surface area contributed by atoms with E-state index >= 15 is 0 Å². The molecule has 16 heavy (non-hydrogen) atoms. The van der Waals surface area contributed by atoms with Crippen LogP contribution < -0.4 is 5.73 Å². The number of hydrogen-bond donors (Lipinski definition) is 2. The molecule has 0 aromatic heterocycles. The van der Waals surface area contributed by atoms with Crippen molar-refractivity contribution in [2.45, 2.75) is 26.7 Å². The van der Waals surface area contributed by atoms with Gasteiger partial charge in [-0.3, -0.25) is 0 Å². The first-order valence-corrected chi connectivity index (χ1v) is 5.18. The summed E-state index contributed by atoms with van der Waals surface area (Å²) in [7, 11) is 0. The second kappa shape index (κ2) is 4.74. The molecule has 1 aliphatic carbocycles. The van der Waals surface area contributed by atoms with Crippen molar-refractivity contribution in [3.05, 3.63) is 34.4 Å². The highest BCUT2D eigenvalue weighted by Gasteiger charge is 2.26. The van der Waals surface area contributed by atoms with Crippen LogP contribution in [0, 0.1) is 19.8 Å². The molecule has 0 aliphatic heterocycles. The second-order valence-corrected chi connectivity index (χ2v) is 4.35. The van der Waals surface area contributed by atoms with Gasteiger partial charge in [-0.1, -0.05) is 22.9 Å². The van der Waals surface area contributed by atoms with Crippen LogP contribution in [0.25, 0.3) is 0 Å². The van der Waals surface area contributed by atoms with E-state index in [4.69, 9.17) is 10.9 Å². The van der Waals surface area contributed by atoms with Gasteiger partial charge >= 0.3 is 0 Å². The molecule has 0 heterocycles. The average molecular weight is 241 g/mol. The highest BCUT2D eigenvalue weighted by molar-refractivity contribution is 5.85. The molecular weight excluding hydrogens is 224 g/mol. The lowest BCUT2D eigenvalue weighted by Crippen LogP contribution is -2.24. The second-order valence-electron chi connectivity index (χ2n) is 4.35. The summed E-state index contributed by atoms with van der Waals surface area (Å²) in [6.07, 6.45) is 1.80. The van der Waals surface area contributed by atoms with Crippen molar-refractivity contribution < 1.29 is 5.21 Å². The Balaban J connectivity index is 0.00000128. The van der Waals surface area contributed by atoms with Gasteiger partial charge in [0.25, 0.3) is 0 Å². The van der Waals surface area contributed by atoms with Gasteiger partial charge in [0.2, 0.25) is 0 Å². The van der Waals surface area contributed by atoms with Crippen LogP contribution >= 0.6 is 12.4 Å². The number of nitrogens with zero attached hydrogens (tertiary/aromatic N) is 1. The molecule has 0 fully saturated rings. The van der Waals surface area contributed by atoms with Gasteiger partial charge in [0, 0.05) is 5.92 Å². The van der Waals surface area contributed by atoms with Crippen LogP contribution in [0.4, 0.5) is 0 Å². The lowest BCUT2D eigenvalue weighted by molar-refractivity contribution is 0.314. The van der Waals surface area contributed by atoms with Crippen molar-refractivity contribution in [1.82, 2.24) is 0 Å². The van der Waals surface area contributed by atoms with E-state index < -0.39 is 0 Å². The number of nitrogens with two attached hydrogens (primary N) is 1. The van der Waals surface area contributed by atoms with Crippen LogP contribution in [-0.4, -0.2) is 11.0 Å². The van der Waals surface area contributed by atoms with Gasteiger partial charge in [-0.05, 0) is 43.4 Å². The van der Waals surface area contributed by atoms with Crippen molar-refractivity contribution in [1.29, 1.82) is 0 Å². The van der Waals surface area contributed by atoms with Crippen molar-refractivity contribution in [3.63, 3.8) is 0 Å². The number of aryl methyl sites for hydroxylation is 2. The smallest absolute Gasteiger partial charge is 0.142 e. The number of oxime groups is 1. The summed E-state index contributed by atoms with van der Waals surface area (Å²) in [6.45, 7) is 4.23. The Kier molecular flexibility index (Phi) is 3.81. The van der Waals surface area contributed by atoms with Crippen LogP contribution in [-0.2, 0) is 12.8 Å². The zero-order valence-corrected chi connectivity index (χ0v) is 10.3. The number of benzene rings is 1. The fourth-order valence-electron chi connectivity index (χ4n) is 2.43. The first-order valence-electron chi connectivity index (χ1n) is 5.18. The lowest BCUT2D eigenvalue weighted by Gasteiger charge is -2.05. The van der Waals surface area contributed by atoms with Crippen LogP contribution in [0.3, 0.4) is 0 Å². The predicted molar refractivity (Wildman–Crippen MR) is 67.5 cm³/mol. The first kappa shape index (κ1) is 12.8. The van der Waals surface area contributed by atoms with E-state index in [2.05, 4.69) is 31.1 Å². The molecule has 4 heteroatoms. The number of rotatable bonds is 1. The lowest BCUT2D eigenvalue weighted by atomic mass is 10.0. The summed E-state index contributed by atoms with van der Waals surface area (Å²) < 4.78 is 0. The van der Waals surface area contributed by atoms with Gasteiger partial charge in [0.05, 0.1) is 0 Å². The van der Waals surface area contributed by atoms with Gasteiger partial charge in [-0.25, -0.2) is 0 Å². The molecule has 0 saturated carbocycles. The highest BCUT2D eigenvalue weighted by Crippen LogP contribution is 2.30. The maximum Gasteiger partial charge on any atom is 0.142 e. The van der Waals surface area contributed by atoms with Gasteiger partial charge in [0.15, 0.2) is 0 Å². The third kappa shape index (κ3) is 2.14. The molecule has 88 valence electrons. The van der Waals surface area contributed by atoms with E-state index in [-0.39, 0.29) is 18.3 Å². The van der Waals surface area contributed by atoms with E-state index in [0.717, 1.165) is 12.8 Å². The fourth-order valence-corrected chi connectivity index (χ4v) is 2.43.